The number of aryl methyl sites for hydroxylation is 2. The summed E-state index contributed by atoms with van der Waals surface area (Å²) in [5.41, 5.74) is 1.24. The van der Waals surface area contributed by atoms with Gasteiger partial charge in [0.05, 0.1) is 18.4 Å². The predicted molar refractivity (Wildman–Crippen MR) is 78.7 cm³/mol. The number of carboxylic acid groups (broad SMARTS) is 1. The Bertz CT molecular complexity index is 490. The Kier molecular flexibility index (Phi) is 4.81. The van der Waals surface area contributed by atoms with Crippen molar-refractivity contribution in [3.05, 3.63) is 21.4 Å². The van der Waals surface area contributed by atoms with Crippen LogP contribution >= 0.6 is 11.3 Å². The summed E-state index contributed by atoms with van der Waals surface area (Å²) in [4.78, 5) is 25.8. The standard InChI is InChI=1S/C15H21NO3S/c1-9-7-11(20-10(9)2)8-16-14(17)12-5-3-4-6-13(12)15(18)19/h7,12-13H,3-6,8H2,1-2H3,(H,16,17)(H,18,19)/t12-,13+/m1/s1. The maximum atomic E-state index is 12.2. The van der Waals surface area contributed by atoms with Gasteiger partial charge in [0.25, 0.3) is 0 Å². The fraction of sp³-hybridized carbons (Fsp3) is 0.600. The molecule has 20 heavy (non-hydrogen) atoms. The van der Waals surface area contributed by atoms with Crippen molar-refractivity contribution < 1.29 is 14.7 Å². The SMILES string of the molecule is Cc1cc(CNC(=O)[C@@H]2CCCC[C@@H]2C(=O)O)sc1C. The zero-order valence-electron chi connectivity index (χ0n) is 11.9. The first-order chi connectivity index (χ1) is 9.49. The number of carbonyl (C=O) groups is 2. The summed E-state index contributed by atoms with van der Waals surface area (Å²) >= 11 is 1.68. The third-order valence-electron chi connectivity index (χ3n) is 4.07. The van der Waals surface area contributed by atoms with Gasteiger partial charge in [-0.15, -0.1) is 11.3 Å². The Balaban J connectivity index is 1.94. The highest BCUT2D eigenvalue weighted by Crippen LogP contribution is 2.30. The summed E-state index contributed by atoms with van der Waals surface area (Å²) in [5, 5.41) is 12.1. The van der Waals surface area contributed by atoms with Crippen LogP contribution < -0.4 is 5.32 Å². The van der Waals surface area contributed by atoms with Gasteiger partial charge in [0.1, 0.15) is 0 Å². The van der Waals surface area contributed by atoms with Crippen LogP contribution in [0.1, 0.15) is 41.0 Å². The Morgan fingerprint density at radius 1 is 1.30 bits per heavy atom. The van der Waals surface area contributed by atoms with Gasteiger partial charge in [-0.1, -0.05) is 12.8 Å². The summed E-state index contributed by atoms with van der Waals surface area (Å²) in [6.07, 6.45) is 3.15. The molecule has 2 atom stereocenters. The van der Waals surface area contributed by atoms with Crippen molar-refractivity contribution >= 4 is 23.2 Å². The fourth-order valence-electron chi connectivity index (χ4n) is 2.78. The molecule has 2 N–H and O–H groups in total. The molecular weight excluding hydrogens is 274 g/mol. The van der Waals surface area contributed by atoms with E-state index >= 15 is 0 Å². The molecule has 1 aromatic heterocycles. The minimum atomic E-state index is -0.840. The third kappa shape index (κ3) is 3.39. The lowest BCUT2D eigenvalue weighted by molar-refractivity contribution is -0.148. The molecule has 1 aliphatic carbocycles. The normalized spacial score (nSPS) is 22.5. The number of hydrogen-bond donors (Lipinski definition) is 2. The van der Waals surface area contributed by atoms with Crippen LogP contribution in [-0.4, -0.2) is 17.0 Å². The maximum Gasteiger partial charge on any atom is 0.307 e. The largest absolute Gasteiger partial charge is 0.481 e. The Morgan fingerprint density at radius 2 is 1.95 bits per heavy atom. The highest BCUT2D eigenvalue weighted by Gasteiger charge is 2.35. The van der Waals surface area contributed by atoms with Crippen molar-refractivity contribution in [2.75, 3.05) is 0 Å². The molecule has 5 heteroatoms. The second kappa shape index (κ2) is 6.39. The van der Waals surface area contributed by atoms with E-state index in [0.717, 1.165) is 17.7 Å². The molecule has 0 aromatic carbocycles. The molecule has 0 bridgehead atoms. The van der Waals surface area contributed by atoms with E-state index in [2.05, 4.69) is 25.2 Å². The van der Waals surface area contributed by atoms with E-state index in [1.807, 2.05) is 0 Å². The van der Waals surface area contributed by atoms with Crippen LogP contribution in [0.5, 0.6) is 0 Å². The molecule has 0 spiro atoms. The molecule has 1 aromatic rings. The monoisotopic (exact) mass is 295 g/mol. The maximum absolute atomic E-state index is 12.2. The number of carbonyl (C=O) groups excluding carboxylic acids is 1. The van der Waals surface area contributed by atoms with E-state index in [4.69, 9.17) is 0 Å². The number of carboxylic acids is 1. The Hall–Kier alpha value is -1.36. The van der Waals surface area contributed by atoms with Crippen LogP contribution in [0, 0.1) is 25.7 Å². The average molecular weight is 295 g/mol. The molecule has 1 saturated carbocycles. The highest BCUT2D eigenvalue weighted by atomic mass is 32.1. The van der Waals surface area contributed by atoms with Crippen LogP contribution in [0.2, 0.25) is 0 Å². The molecule has 0 unspecified atom stereocenters. The molecule has 0 aliphatic heterocycles. The molecule has 2 rings (SSSR count). The number of thiophene rings is 1. The zero-order valence-corrected chi connectivity index (χ0v) is 12.8. The minimum absolute atomic E-state index is 0.110. The van der Waals surface area contributed by atoms with Gasteiger partial charge in [-0.3, -0.25) is 9.59 Å². The molecule has 1 amide bonds. The van der Waals surface area contributed by atoms with Gasteiger partial charge >= 0.3 is 5.97 Å². The van der Waals surface area contributed by atoms with E-state index in [9.17, 15) is 14.7 Å². The van der Waals surface area contributed by atoms with Gasteiger partial charge in [-0.05, 0) is 38.3 Å². The van der Waals surface area contributed by atoms with Crippen LogP contribution in [0.3, 0.4) is 0 Å². The molecule has 4 nitrogen and oxygen atoms in total. The quantitative estimate of drug-likeness (QED) is 0.897. The lowest BCUT2D eigenvalue weighted by Crippen LogP contribution is -2.39. The summed E-state index contributed by atoms with van der Waals surface area (Å²) in [7, 11) is 0. The van der Waals surface area contributed by atoms with Gasteiger partial charge in [-0.25, -0.2) is 0 Å². The summed E-state index contributed by atoms with van der Waals surface area (Å²) in [6, 6.07) is 2.08. The van der Waals surface area contributed by atoms with Crippen LogP contribution in [-0.2, 0) is 16.1 Å². The van der Waals surface area contributed by atoms with Crippen molar-refractivity contribution in [2.45, 2.75) is 46.1 Å². The Labute approximate surface area is 123 Å². The van der Waals surface area contributed by atoms with Gasteiger partial charge in [0, 0.05) is 9.75 Å². The van der Waals surface area contributed by atoms with Crippen molar-refractivity contribution in [3.8, 4) is 0 Å². The zero-order chi connectivity index (χ0) is 14.7. The summed E-state index contributed by atoms with van der Waals surface area (Å²) in [5.74, 6) is -1.84. The Morgan fingerprint density at radius 3 is 2.50 bits per heavy atom. The highest BCUT2D eigenvalue weighted by molar-refractivity contribution is 7.12. The van der Waals surface area contributed by atoms with E-state index in [1.54, 1.807) is 11.3 Å². The molecule has 1 heterocycles. The lowest BCUT2D eigenvalue weighted by Gasteiger charge is -2.27. The van der Waals surface area contributed by atoms with Crippen molar-refractivity contribution in [3.63, 3.8) is 0 Å². The van der Waals surface area contributed by atoms with E-state index in [1.165, 1.54) is 10.4 Å². The van der Waals surface area contributed by atoms with Crippen LogP contribution in [0.4, 0.5) is 0 Å². The summed E-state index contributed by atoms with van der Waals surface area (Å²) < 4.78 is 0. The predicted octanol–water partition coefficient (Wildman–Crippen LogP) is 2.87. The first-order valence-corrected chi connectivity index (χ1v) is 7.87. The third-order valence-corrected chi connectivity index (χ3v) is 5.23. The number of amides is 1. The van der Waals surface area contributed by atoms with Crippen molar-refractivity contribution in [1.29, 1.82) is 0 Å². The molecule has 1 aliphatic rings. The van der Waals surface area contributed by atoms with Crippen molar-refractivity contribution in [1.82, 2.24) is 5.32 Å². The molecule has 0 saturated heterocycles. The average Bonchev–Trinajstić information content (AvgIpc) is 2.75. The molecule has 110 valence electrons. The second-order valence-corrected chi connectivity index (χ2v) is 6.85. The smallest absolute Gasteiger partial charge is 0.307 e. The van der Waals surface area contributed by atoms with Crippen LogP contribution in [0.25, 0.3) is 0 Å². The molecule has 0 radical (unpaired) electrons. The van der Waals surface area contributed by atoms with E-state index in [0.29, 0.717) is 19.4 Å². The number of aliphatic carboxylic acids is 1. The van der Waals surface area contributed by atoms with Crippen LogP contribution in [0.15, 0.2) is 6.07 Å². The molecular formula is C15H21NO3S. The first-order valence-electron chi connectivity index (χ1n) is 7.05. The van der Waals surface area contributed by atoms with Gasteiger partial charge in [0.15, 0.2) is 0 Å². The number of hydrogen-bond acceptors (Lipinski definition) is 3. The second-order valence-electron chi connectivity index (χ2n) is 5.51. The first kappa shape index (κ1) is 15.0. The van der Waals surface area contributed by atoms with Crippen molar-refractivity contribution in [2.24, 2.45) is 11.8 Å². The van der Waals surface area contributed by atoms with Gasteiger partial charge in [-0.2, -0.15) is 0 Å². The minimum Gasteiger partial charge on any atom is -0.481 e. The number of rotatable bonds is 4. The summed E-state index contributed by atoms with van der Waals surface area (Å²) in [6.45, 7) is 4.62. The lowest BCUT2D eigenvalue weighted by atomic mass is 9.79. The van der Waals surface area contributed by atoms with E-state index in [-0.39, 0.29) is 11.8 Å². The fourth-order valence-corrected chi connectivity index (χ4v) is 3.78. The topological polar surface area (TPSA) is 66.4 Å². The van der Waals surface area contributed by atoms with Gasteiger partial charge in [0.2, 0.25) is 5.91 Å². The molecule has 1 fully saturated rings. The number of nitrogens with one attached hydrogen (secondary N) is 1. The van der Waals surface area contributed by atoms with Gasteiger partial charge < -0.3 is 10.4 Å². The van der Waals surface area contributed by atoms with E-state index < -0.39 is 11.9 Å².